The summed E-state index contributed by atoms with van der Waals surface area (Å²) in [5.74, 6) is 0.435. The van der Waals surface area contributed by atoms with Gasteiger partial charge in [0.2, 0.25) is 11.1 Å². The molecule has 1 aromatic carbocycles. The Balaban J connectivity index is 1.21. The number of likely N-dealkylation sites (tertiary alicyclic amines) is 1. The number of carbonyl (C=O) groups is 1. The molecule has 0 radical (unpaired) electrons. The van der Waals surface area contributed by atoms with Crippen LogP contribution in [-0.2, 0) is 4.79 Å². The third-order valence-electron chi connectivity index (χ3n) is 5.49. The van der Waals surface area contributed by atoms with Crippen LogP contribution < -0.4 is 5.69 Å². The number of piperidine rings is 1. The minimum Gasteiger partial charge on any atom is -0.342 e. The maximum absolute atomic E-state index is 12.6. The van der Waals surface area contributed by atoms with Crippen molar-refractivity contribution in [2.75, 3.05) is 18.8 Å². The number of amides is 1. The summed E-state index contributed by atoms with van der Waals surface area (Å²) in [4.78, 5) is 29.8. The van der Waals surface area contributed by atoms with Gasteiger partial charge in [-0.2, -0.15) is 0 Å². The van der Waals surface area contributed by atoms with Crippen LogP contribution in [0, 0.1) is 0 Å². The molecule has 3 heterocycles. The number of rotatable bonds is 5. The van der Waals surface area contributed by atoms with E-state index in [9.17, 15) is 9.59 Å². The van der Waals surface area contributed by atoms with Crippen LogP contribution in [0.25, 0.3) is 11.0 Å². The zero-order valence-electron chi connectivity index (χ0n) is 15.3. The number of benzene rings is 1. The second-order valence-electron chi connectivity index (χ2n) is 7.36. The summed E-state index contributed by atoms with van der Waals surface area (Å²) in [6.45, 7) is 1.31. The molecule has 3 aromatic rings. The molecular weight excluding hydrogens is 378 g/mol. The van der Waals surface area contributed by atoms with Gasteiger partial charge < -0.3 is 9.88 Å². The summed E-state index contributed by atoms with van der Waals surface area (Å²) < 4.78 is 3.67. The molecule has 5 rings (SSSR count). The number of aromatic nitrogens is 6. The smallest absolute Gasteiger partial charge is 0.326 e. The van der Waals surface area contributed by atoms with E-state index in [1.54, 1.807) is 0 Å². The van der Waals surface area contributed by atoms with Crippen LogP contribution in [0.1, 0.15) is 37.8 Å². The Hall–Kier alpha value is -2.62. The molecule has 1 amide bonds. The van der Waals surface area contributed by atoms with Crippen LogP contribution >= 0.6 is 11.8 Å². The predicted molar refractivity (Wildman–Crippen MR) is 104 cm³/mol. The number of aromatic amines is 1. The van der Waals surface area contributed by atoms with Crippen molar-refractivity contribution in [3.05, 3.63) is 34.7 Å². The maximum Gasteiger partial charge on any atom is 0.326 e. The summed E-state index contributed by atoms with van der Waals surface area (Å²) in [5.41, 5.74) is 1.71. The molecule has 28 heavy (non-hydrogen) atoms. The van der Waals surface area contributed by atoms with Crippen LogP contribution in [-0.4, -0.2) is 59.4 Å². The van der Waals surface area contributed by atoms with Gasteiger partial charge in [0.1, 0.15) is 0 Å². The van der Waals surface area contributed by atoms with Gasteiger partial charge in [0.15, 0.2) is 0 Å². The maximum atomic E-state index is 12.6. The largest absolute Gasteiger partial charge is 0.342 e. The van der Waals surface area contributed by atoms with E-state index < -0.39 is 0 Å². The molecule has 2 aliphatic rings. The van der Waals surface area contributed by atoms with Crippen molar-refractivity contribution in [2.45, 2.75) is 42.9 Å². The summed E-state index contributed by atoms with van der Waals surface area (Å²) in [5, 5.41) is 12.5. The minimum absolute atomic E-state index is 0.0755. The number of carbonyl (C=O) groups excluding carboxylic acids is 1. The molecule has 10 heteroatoms. The van der Waals surface area contributed by atoms with Crippen LogP contribution in [0.15, 0.2) is 34.2 Å². The van der Waals surface area contributed by atoms with Gasteiger partial charge >= 0.3 is 5.69 Å². The van der Waals surface area contributed by atoms with Gasteiger partial charge in [0, 0.05) is 19.1 Å². The van der Waals surface area contributed by atoms with E-state index in [1.807, 2.05) is 38.4 Å². The number of hydrogen-bond donors (Lipinski definition) is 1. The number of nitrogens with one attached hydrogen (secondary N) is 1. The van der Waals surface area contributed by atoms with E-state index >= 15 is 0 Å². The third kappa shape index (κ3) is 3.21. The van der Waals surface area contributed by atoms with Gasteiger partial charge in [-0.25, -0.2) is 9.48 Å². The molecule has 0 spiro atoms. The van der Waals surface area contributed by atoms with Crippen molar-refractivity contribution in [3.63, 3.8) is 0 Å². The molecule has 0 bridgehead atoms. The normalized spacial score (nSPS) is 18.1. The molecule has 1 aliphatic heterocycles. The molecule has 0 unspecified atom stereocenters. The van der Waals surface area contributed by atoms with Crippen LogP contribution in [0.3, 0.4) is 0 Å². The second kappa shape index (κ2) is 7.08. The number of fused-ring (bicyclic) bond motifs is 1. The molecule has 9 nitrogen and oxygen atoms in total. The lowest BCUT2D eigenvalue weighted by molar-refractivity contribution is -0.129. The lowest BCUT2D eigenvalue weighted by Crippen LogP contribution is -2.41. The first-order chi connectivity index (χ1) is 13.7. The predicted octanol–water partition coefficient (Wildman–Crippen LogP) is 1.61. The lowest BCUT2D eigenvalue weighted by atomic mass is 10.0. The molecule has 0 atom stereocenters. The molecule has 1 saturated heterocycles. The highest BCUT2D eigenvalue weighted by Gasteiger charge is 2.29. The molecule has 1 aliphatic carbocycles. The van der Waals surface area contributed by atoms with Crippen molar-refractivity contribution in [1.82, 2.24) is 34.7 Å². The highest BCUT2D eigenvalue weighted by atomic mass is 32.2. The Morgan fingerprint density at radius 3 is 2.71 bits per heavy atom. The van der Waals surface area contributed by atoms with E-state index in [-0.39, 0.29) is 17.6 Å². The quantitative estimate of drug-likeness (QED) is 0.654. The number of imidazole rings is 1. The Morgan fingerprint density at radius 2 is 1.93 bits per heavy atom. The van der Waals surface area contributed by atoms with E-state index in [1.165, 1.54) is 11.8 Å². The summed E-state index contributed by atoms with van der Waals surface area (Å²) in [7, 11) is 0. The molecule has 1 saturated carbocycles. The highest BCUT2D eigenvalue weighted by molar-refractivity contribution is 7.99. The average Bonchev–Trinajstić information content (AvgIpc) is 3.35. The van der Waals surface area contributed by atoms with E-state index in [2.05, 4.69) is 20.5 Å². The fraction of sp³-hybridized carbons (Fsp3) is 0.500. The monoisotopic (exact) mass is 399 g/mol. The van der Waals surface area contributed by atoms with Gasteiger partial charge in [-0.3, -0.25) is 9.36 Å². The van der Waals surface area contributed by atoms with Crippen LogP contribution in [0.4, 0.5) is 0 Å². The first-order valence-corrected chi connectivity index (χ1v) is 10.6. The van der Waals surface area contributed by atoms with E-state index in [4.69, 9.17) is 0 Å². The van der Waals surface area contributed by atoms with Crippen LogP contribution in [0.5, 0.6) is 0 Å². The fourth-order valence-corrected chi connectivity index (χ4v) is 4.70. The number of H-pyrrole nitrogens is 1. The Morgan fingerprint density at radius 1 is 1.14 bits per heavy atom. The lowest BCUT2D eigenvalue weighted by Gasteiger charge is -2.32. The van der Waals surface area contributed by atoms with Gasteiger partial charge in [-0.15, -0.1) is 5.10 Å². The summed E-state index contributed by atoms with van der Waals surface area (Å²) >= 11 is 1.40. The van der Waals surface area contributed by atoms with Gasteiger partial charge in [-0.1, -0.05) is 23.9 Å². The molecule has 2 fully saturated rings. The Labute approximate surface area is 165 Å². The van der Waals surface area contributed by atoms with Crippen molar-refractivity contribution >= 4 is 28.7 Å². The average molecular weight is 399 g/mol. The van der Waals surface area contributed by atoms with Crippen molar-refractivity contribution in [2.24, 2.45) is 0 Å². The first-order valence-electron chi connectivity index (χ1n) is 9.58. The molecular formula is C18H21N7O2S. The van der Waals surface area contributed by atoms with Gasteiger partial charge in [0.05, 0.1) is 22.8 Å². The first kappa shape index (κ1) is 17.5. The second-order valence-corrected chi connectivity index (χ2v) is 8.30. The number of nitrogens with zero attached hydrogens (tertiary/aromatic N) is 6. The summed E-state index contributed by atoms with van der Waals surface area (Å²) in [6, 6.07) is 8.25. The zero-order valence-corrected chi connectivity index (χ0v) is 16.1. The van der Waals surface area contributed by atoms with E-state index in [0.29, 0.717) is 24.9 Å². The van der Waals surface area contributed by atoms with Gasteiger partial charge in [0.25, 0.3) is 0 Å². The molecule has 1 N–H and O–H groups in total. The van der Waals surface area contributed by atoms with Crippen molar-refractivity contribution in [3.8, 4) is 0 Å². The molecule has 2 aromatic heterocycles. The number of tetrazole rings is 1. The summed E-state index contributed by atoms with van der Waals surface area (Å²) in [6.07, 6.45) is 3.76. The minimum atomic E-state index is -0.0755. The van der Waals surface area contributed by atoms with Crippen LogP contribution in [0.2, 0.25) is 0 Å². The SMILES string of the molecule is O=C(CSc1nnnn1C1CC1)N1CCC(n2c(=O)[nH]c3ccccc32)CC1. The zero-order chi connectivity index (χ0) is 19.1. The number of thioether (sulfide) groups is 1. The van der Waals surface area contributed by atoms with Crippen molar-refractivity contribution < 1.29 is 4.79 Å². The number of hydrogen-bond acceptors (Lipinski definition) is 6. The topological polar surface area (TPSA) is 102 Å². The Kier molecular flexibility index (Phi) is 4.42. The highest BCUT2D eigenvalue weighted by Crippen LogP contribution is 2.36. The van der Waals surface area contributed by atoms with Crippen molar-refractivity contribution in [1.29, 1.82) is 0 Å². The molecule has 146 valence electrons. The van der Waals surface area contributed by atoms with E-state index in [0.717, 1.165) is 41.9 Å². The number of para-hydroxylation sites is 2. The third-order valence-corrected chi connectivity index (χ3v) is 6.40. The fourth-order valence-electron chi connectivity index (χ4n) is 3.86. The standard InChI is InChI=1S/C18H21N7O2S/c26-16(11-28-18-20-21-22-25(18)13-5-6-13)23-9-7-12(8-10-23)24-15-4-2-1-3-14(15)19-17(24)27/h1-4,12-13H,5-11H2,(H,19,27). The van der Waals surface area contributed by atoms with Gasteiger partial charge in [-0.05, 0) is 48.2 Å². The Bertz CT molecular complexity index is 1060.